The summed E-state index contributed by atoms with van der Waals surface area (Å²) in [5.41, 5.74) is 0.217. The van der Waals surface area contributed by atoms with Crippen molar-refractivity contribution in [3.8, 4) is 5.75 Å². The molecule has 0 radical (unpaired) electrons. The number of aromatic nitrogens is 2. The van der Waals surface area contributed by atoms with Crippen molar-refractivity contribution in [3.05, 3.63) is 92.8 Å². The van der Waals surface area contributed by atoms with Crippen LogP contribution in [0.1, 0.15) is 17.2 Å². The third-order valence-corrected chi connectivity index (χ3v) is 7.55. The van der Waals surface area contributed by atoms with Gasteiger partial charge >= 0.3 is 5.69 Å². The summed E-state index contributed by atoms with van der Waals surface area (Å²) in [6.07, 6.45) is 1.38. The van der Waals surface area contributed by atoms with Crippen molar-refractivity contribution >= 4 is 25.0 Å². The van der Waals surface area contributed by atoms with Gasteiger partial charge in [0, 0.05) is 18.7 Å². The lowest BCUT2D eigenvalue weighted by atomic mass is 9.97. The number of benzene rings is 2. The highest BCUT2D eigenvalue weighted by Crippen LogP contribution is 2.20. The first-order valence-corrected chi connectivity index (χ1v) is 14.4. The molecule has 1 unspecified atom stereocenters. The van der Waals surface area contributed by atoms with Gasteiger partial charge < -0.3 is 10.1 Å². The van der Waals surface area contributed by atoms with Gasteiger partial charge in [0.1, 0.15) is 18.3 Å². The number of nitrogens with one attached hydrogen (secondary N) is 2. The molecule has 0 aliphatic rings. The highest BCUT2D eigenvalue weighted by Gasteiger charge is 2.24. The van der Waals surface area contributed by atoms with Gasteiger partial charge in [-0.2, -0.15) is 0 Å². The SMILES string of the molecule is COc1ccc(C(NC(=O)Cn2ccc(=O)[nH]c2=O)C(=O)Cc2ccc([Si](C)(C)C)cc2)cc1. The Labute approximate surface area is 198 Å². The van der Waals surface area contributed by atoms with E-state index in [-0.39, 0.29) is 18.7 Å². The molecule has 1 amide bonds. The van der Waals surface area contributed by atoms with Crippen LogP contribution in [-0.4, -0.2) is 36.4 Å². The van der Waals surface area contributed by atoms with Crippen LogP contribution < -0.4 is 26.5 Å². The van der Waals surface area contributed by atoms with Gasteiger partial charge in [-0.25, -0.2) is 4.79 Å². The Balaban J connectivity index is 1.82. The van der Waals surface area contributed by atoms with Crippen LogP contribution in [0.5, 0.6) is 5.75 Å². The molecule has 0 saturated carbocycles. The van der Waals surface area contributed by atoms with Crippen molar-refractivity contribution in [1.29, 1.82) is 0 Å². The van der Waals surface area contributed by atoms with E-state index in [1.165, 1.54) is 11.4 Å². The normalized spacial score (nSPS) is 12.1. The van der Waals surface area contributed by atoms with Gasteiger partial charge in [-0.1, -0.05) is 61.2 Å². The summed E-state index contributed by atoms with van der Waals surface area (Å²) < 4.78 is 6.26. The van der Waals surface area contributed by atoms with Crippen LogP contribution in [0, 0.1) is 0 Å². The quantitative estimate of drug-likeness (QED) is 0.455. The zero-order valence-corrected chi connectivity index (χ0v) is 20.8. The van der Waals surface area contributed by atoms with Crippen LogP contribution in [-0.2, 0) is 22.6 Å². The van der Waals surface area contributed by atoms with E-state index in [0.29, 0.717) is 11.3 Å². The van der Waals surface area contributed by atoms with Gasteiger partial charge in [-0.15, -0.1) is 0 Å². The fourth-order valence-corrected chi connectivity index (χ4v) is 4.67. The summed E-state index contributed by atoms with van der Waals surface area (Å²) in [5.74, 6) is -0.0894. The number of hydrogen-bond donors (Lipinski definition) is 2. The second kappa shape index (κ2) is 10.5. The molecule has 2 N–H and O–H groups in total. The van der Waals surface area contributed by atoms with Gasteiger partial charge in [-0.3, -0.25) is 23.9 Å². The standard InChI is InChI=1S/C25H29N3O5Si/c1-33-19-9-7-18(8-10-19)24(26-23(31)16-28-14-13-22(30)27-25(28)32)21(29)15-17-5-11-20(12-6-17)34(2,3)4/h5-14,24H,15-16H2,1-4H3,(H,26,31)(H,27,30,32). The van der Waals surface area contributed by atoms with Gasteiger partial charge in [-0.05, 0) is 23.3 Å². The molecule has 0 aliphatic carbocycles. The van der Waals surface area contributed by atoms with E-state index in [1.54, 1.807) is 31.4 Å². The smallest absolute Gasteiger partial charge is 0.328 e. The van der Waals surface area contributed by atoms with Crippen molar-refractivity contribution in [1.82, 2.24) is 14.9 Å². The summed E-state index contributed by atoms with van der Waals surface area (Å²) >= 11 is 0. The number of aromatic amines is 1. The molecule has 0 spiro atoms. The molecule has 3 rings (SSSR count). The van der Waals surface area contributed by atoms with Crippen LogP contribution in [0.4, 0.5) is 0 Å². The molecule has 8 nitrogen and oxygen atoms in total. The average molecular weight is 480 g/mol. The third-order valence-electron chi connectivity index (χ3n) is 5.49. The minimum Gasteiger partial charge on any atom is -0.497 e. The summed E-state index contributed by atoms with van der Waals surface area (Å²) in [4.78, 5) is 51.3. The van der Waals surface area contributed by atoms with E-state index in [0.717, 1.165) is 16.2 Å². The Kier molecular flexibility index (Phi) is 7.67. The molecule has 1 atom stereocenters. The molecule has 0 saturated heterocycles. The second-order valence-electron chi connectivity index (χ2n) is 9.10. The molecule has 0 aliphatic heterocycles. The number of methoxy groups -OCH3 is 1. The maximum absolute atomic E-state index is 13.3. The topological polar surface area (TPSA) is 110 Å². The molecule has 3 aromatic rings. The number of nitrogens with zero attached hydrogens (tertiary/aromatic N) is 1. The molecule has 9 heteroatoms. The Hall–Kier alpha value is -3.72. The molecule has 34 heavy (non-hydrogen) atoms. The number of carbonyl (C=O) groups is 2. The fourth-order valence-electron chi connectivity index (χ4n) is 3.50. The number of carbonyl (C=O) groups excluding carboxylic acids is 2. The second-order valence-corrected chi connectivity index (χ2v) is 14.2. The first-order valence-electron chi connectivity index (χ1n) is 10.9. The van der Waals surface area contributed by atoms with Crippen molar-refractivity contribution in [2.24, 2.45) is 0 Å². The predicted molar refractivity (Wildman–Crippen MR) is 133 cm³/mol. The van der Waals surface area contributed by atoms with Gasteiger partial charge in [0.2, 0.25) is 5.91 Å². The fraction of sp³-hybridized carbons (Fsp3) is 0.280. The molecule has 0 fully saturated rings. The lowest BCUT2D eigenvalue weighted by molar-refractivity contribution is -0.128. The van der Waals surface area contributed by atoms with E-state index in [9.17, 15) is 19.2 Å². The summed E-state index contributed by atoms with van der Waals surface area (Å²) in [6, 6.07) is 15.2. The monoisotopic (exact) mass is 479 g/mol. The highest BCUT2D eigenvalue weighted by molar-refractivity contribution is 6.88. The van der Waals surface area contributed by atoms with Crippen molar-refractivity contribution < 1.29 is 14.3 Å². The molecular weight excluding hydrogens is 450 g/mol. The minimum absolute atomic E-state index is 0.140. The van der Waals surface area contributed by atoms with Gasteiger partial charge in [0.25, 0.3) is 5.56 Å². The summed E-state index contributed by atoms with van der Waals surface area (Å²) in [6.45, 7) is 6.45. The van der Waals surface area contributed by atoms with Crippen LogP contribution in [0.2, 0.25) is 19.6 Å². The molecule has 2 aromatic carbocycles. The molecule has 178 valence electrons. The number of amides is 1. The van der Waals surface area contributed by atoms with Crippen LogP contribution >= 0.6 is 0 Å². The van der Waals surface area contributed by atoms with Gasteiger partial charge in [0.15, 0.2) is 5.78 Å². The number of ether oxygens (including phenoxy) is 1. The van der Waals surface area contributed by atoms with E-state index in [4.69, 9.17) is 4.74 Å². The number of ketones is 1. The Morgan fingerprint density at radius 1 is 1.00 bits per heavy atom. The Bertz CT molecular complexity index is 1270. The lowest BCUT2D eigenvalue weighted by Gasteiger charge is -2.20. The maximum atomic E-state index is 13.3. The summed E-state index contributed by atoms with van der Waals surface area (Å²) in [7, 11) is 0.0963. The molecule has 1 heterocycles. The first kappa shape index (κ1) is 24.9. The largest absolute Gasteiger partial charge is 0.497 e. The molecular formula is C25H29N3O5Si. The van der Waals surface area contributed by atoms with Crippen molar-refractivity contribution in [2.45, 2.75) is 38.6 Å². The van der Waals surface area contributed by atoms with E-state index in [1.807, 2.05) is 12.1 Å². The summed E-state index contributed by atoms with van der Waals surface area (Å²) in [5, 5.41) is 4.04. The third kappa shape index (κ3) is 6.41. The number of rotatable bonds is 9. The van der Waals surface area contributed by atoms with E-state index >= 15 is 0 Å². The molecule has 1 aromatic heterocycles. The Morgan fingerprint density at radius 3 is 2.21 bits per heavy atom. The lowest BCUT2D eigenvalue weighted by Crippen LogP contribution is -2.39. The van der Waals surface area contributed by atoms with E-state index in [2.05, 4.69) is 42.1 Å². The van der Waals surface area contributed by atoms with Crippen LogP contribution in [0.3, 0.4) is 0 Å². The van der Waals surface area contributed by atoms with Crippen LogP contribution in [0.15, 0.2) is 70.4 Å². The number of H-pyrrole nitrogens is 1. The van der Waals surface area contributed by atoms with E-state index < -0.39 is 31.3 Å². The zero-order valence-electron chi connectivity index (χ0n) is 19.8. The average Bonchev–Trinajstić information content (AvgIpc) is 2.79. The molecule has 0 bridgehead atoms. The van der Waals surface area contributed by atoms with Gasteiger partial charge in [0.05, 0.1) is 15.2 Å². The number of hydrogen-bond acceptors (Lipinski definition) is 5. The Morgan fingerprint density at radius 2 is 1.65 bits per heavy atom. The predicted octanol–water partition coefficient (Wildman–Crippen LogP) is 1.76. The van der Waals surface area contributed by atoms with Crippen LogP contribution in [0.25, 0.3) is 0 Å². The first-order chi connectivity index (χ1) is 16.1. The van der Waals surface area contributed by atoms with Crippen molar-refractivity contribution in [2.75, 3.05) is 7.11 Å². The highest BCUT2D eigenvalue weighted by atomic mass is 28.3. The zero-order chi connectivity index (χ0) is 24.9. The maximum Gasteiger partial charge on any atom is 0.328 e. The number of Topliss-reactive ketones (excluding diaryl/α,β-unsaturated/α-hetero) is 1. The van der Waals surface area contributed by atoms with Crippen molar-refractivity contribution in [3.63, 3.8) is 0 Å². The minimum atomic E-state index is -1.45.